The van der Waals surface area contributed by atoms with Gasteiger partial charge in [0.1, 0.15) is 5.69 Å². The lowest BCUT2D eigenvalue weighted by atomic mass is 10.2. The normalized spacial score (nSPS) is 10.4. The molecule has 72 valence electrons. The number of likely N-dealkylation sites (N-methyl/N-ethyl adjacent to an activating group) is 1. The average molecular weight is 190 g/mol. The molecule has 2 aromatic rings. The van der Waals surface area contributed by atoms with Gasteiger partial charge in [-0.25, -0.2) is 0 Å². The van der Waals surface area contributed by atoms with Crippen LogP contribution in [0.3, 0.4) is 0 Å². The molecule has 1 aromatic heterocycles. The Balaban J connectivity index is 2.38. The van der Waals surface area contributed by atoms with Gasteiger partial charge in [-0.05, 0) is 12.1 Å². The Morgan fingerprint density at radius 1 is 1.50 bits per heavy atom. The molecule has 0 spiro atoms. The van der Waals surface area contributed by atoms with Gasteiger partial charge in [0.2, 0.25) is 5.91 Å². The van der Waals surface area contributed by atoms with Crippen molar-refractivity contribution >= 4 is 16.9 Å². The first kappa shape index (κ1) is 8.74. The Hall–Kier alpha value is -1.84. The van der Waals surface area contributed by atoms with Gasteiger partial charge >= 0.3 is 0 Å². The van der Waals surface area contributed by atoms with Crippen LogP contribution in [-0.2, 0) is 11.2 Å². The second-order valence-corrected chi connectivity index (χ2v) is 2.98. The summed E-state index contributed by atoms with van der Waals surface area (Å²) in [7, 11) is 1.60. The van der Waals surface area contributed by atoms with E-state index in [1.807, 2.05) is 24.3 Å². The van der Waals surface area contributed by atoms with E-state index in [1.165, 1.54) is 0 Å². The van der Waals surface area contributed by atoms with Crippen molar-refractivity contribution in [3.63, 3.8) is 0 Å². The van der Waals surface area contributed by atoms with Crippen molar-refractivity contribution in [2.75, 3.05) is 7.05 Å². The third-order valence-corrected chi connectivity index (χ3v) is 2.06. The Morgan fingerprint density at radius 2 is 2.29 bits per heavy atom. The van der Waals surface area contributed by atoms with Crippen LogP contribution in [0.25, 0.3) is 11.0 Å². The highest BCUT2D eigenvalue weighted by atomic mass is 16.5. The van der Waals surface area contributed by atoms with E-state index in [9.17, 15) is 4.79 Å². The van der Waals surface area contributed by atoms with Crippen LogP contribution in [0.1, 0.15) is 5.69 Å². The first-order valence-corrected chi connectivity index (χ1v) is 4.35. The number of para-hydroxylation sites is 1. The topological polar surface area (TPSA) is 55.1 Å². The van der Waals surface area contributed by atoms with Gasteiger partial charge < -0.3 is 9.84 Å². The number of benzene rings is 1. The lowest BCUT2D eigenvalue weighted by molar-refractivity contribution is -0.120. The Labute approximate surface area is 80.9 Å². The van der Waals surface area contributed by atoms with Crippen molar-refractivity contribution < 1.29 is 9.32 Å². The van der Waals surface area contributed by atoms with Gasteiger partial charge in [-0.3, -0.25) is 4.79 Å². The van der Waals surface area contributed by atoms with Crippen molar-refractivity contribution in [3.8, 4) is 0 Å². The molecule has 1 aromatic carbocycles. The summed E-state index contributed by atoms with van der Waals surface area (Å²) in [6.07, 6.45) is 0.257. The summed E-state index contributed by atoms with van der Waals surface area (Å²) in [5, 5.41) is 7.29. The lowest BCUT2D eigenvalue weighted by Gasteiger charge is -1.94. The summed E-state index contributed by atoms with van der Waals surface area (Å²) >= 11 is 0. The number of carbonyl (C=O) groups is 1. The van der Waals surface area contributed by atoms with Crippen molar-refractivity contribution in [1.29, 1.82) is 0 Å². The molecule has 4 heteroatoms. The fraction of sp³-hybridized carbons (Fsp3) is 0.200. The average Bonchev–Trinajstić information content (AvgIpc) is 2.62. The molecule has 0 aliphatic carbocycles. The molecule has 1 amide bonds. The van der Waals surface area contributed by atoms with Crippen LogP contribution in [0.2, 0.25) is 0 Å². The number of carbonyl (C=O) groups excluding carboxylic acids is 1. The SMILES string of the molecule is CNC(=O)Cc1noc2ccccc12. The van der Waals surface area contributed by atoms with Crippen molar-refractivity contribution in [2.24, 2.45) is 0 Å². The number of nitrogens with zero attached hydrogens (tertiary/aromatic N) is 1. The molecule has 0 bridgehead atoms. The third-order valence-electron chi connectivity index (χ3n) is 2.06. The van der Waals surface area contributed by atoms with Gasteiger partial charge in [-0.15, -0.1) is 0 Å². The Bertz CT molecular complexity index is 462. The van der Waals surface area contributed by atoms with Crippen LogP contribution in [-0.4, -0.2) is 18.1 Å². The molecule has 0 saturated heterocycles. The van der Waals surface area contributed by atoms with Crippen LogP contribution >= 0.6 is 0 Å². The van der Waals surface area contributed by atoms with E-state index in [2.05, 4.69) is 10.5 Å². The molecule has 0 fully saturated rings. The molecule has 1 heterocycles. The number of rotatable bonds is 2. The van der Waals surface area contributed by atoms with Crippen molar-refractivity contribution in [2.45, 2.75) is 6.42 Å². The predicted molar refractivity (Wildman–Crippen MR) is 51.8 cm³/mol. The molecular weight excluding hydrogens is 180 g/mol. The molecule has 2 rings (SSSR count). The Kier molecular flexibility index (Phi) is 2.18. The zero-order valence-corrected chi connectivity index (χ0v) is 7.78. The molecule has 0 unspecified atom stereocenters. The molecular formula is C10H10N2O2. The van der Waals surface area contributed by atoms with Gasteiger partial charge in [-0.2, -0.15) is 0 Å². The lowest BCUT2D eigenvalue weighted by Crippen LogP contribution is -2.20. The van der Waals surface area contributed by atoms with Crippen LogP contribution in [0.5, 0.6) is 0 Å². The maximum absolute atomic E-state index is 11.1. The van der Waals surface area contributed by atoms with Crippen LogP contribution in [0.4, 0.5) is 0 Å². The first-order valence-electron chi connectivity index (χ1n) is 4.35. The highest BCUT2D eigenvalue weighted by Gasteiger charge is 2.10. The summed E-state index contributed by atoms with van der Waals surface area (Å²) in [6, 6.07) is 7.49. The number of hydrogen-bond acceptors (Lipinski definition) is 3. The molecule has 0 saturated carbocycles. The van der Waals surface area contributed by atoms with E-state index in [0.29, 0.717) is 11.3 Å². The third kappa shape index (κ3) is 1.46. The van der Waals surface area contributed by atoms with Gasteiger partial charge in [0.05, 0.1) is 6.42 Å². The molecule has 0 aliphatic rings. The monoisotopic (exact) mass is 190 g/mol. The molecule has 1 N–H and O–H groups in total. The highest BCUT2D eigenvalue weighted by Crippen LogP contribution is 2.17. The van der Waals surface area contributed by atoms with Crippen LogP contribution in [0, 0.1) is 0 Å². The van der Waals surface area contributed by atoms with Gasteiger partial charge in [0.15, 0.2) is 5.58 Å². The number of aromatic nitrogens is 1. The molecule has 4 nitrogen and oxygen atoms in total. The molecule has 0 aliphatic heterocycles. The summed E-state index contributed by atoms with van der Waals surface area (Å²) in [5.74, 6) is -0.0657. The molecule has 0 radical (unpaired) electrons. The summed E-state index contributed by atoms with van der Waals surface area (Å²) in [4.78, 5) is 11.1. The predicted octanol–water partition coefficient (Wildman–Crippen LogP) is 1.12. The standard InChI is InChI=1S/C10H10N2O2/c1-11-10(13)6-8-7-4-2-3-5-9(7)14-12-8/h2-5H,6H2,1H3,(H,11,13). The van der Waals surface area contributed by atoms with Crippen LogP contribution in [0.15, 0.2) is 28.8 Å². The summed E-state index contributed by atoms with van der Waals surface area (Å²) in [5.41, 5.74) is 1.39. The molecule has 14 heavy (non-hydrogen) atoms. The minimum Gasteiger partial charge on any atom is -0.359 e. The Morgan fingerprint density at radius 3 is 3.07 bits per heavy atom. The fourth-order valence-corrected chi connectivity index (χ4v) is 1.31. The number of amides is 1. The van der Waals surface area contributed by atoms with Gasteiger partial charge in [0.25, 0.3) is 0 Å². The first-order chi connectivity index (χ1) is 6.81. The minimum atomic E-state index is -0.0657. The number of hydrogen-bond donors (Lipinski definition) is 1. The largest absolute Gasteiger partial charge is 0.359 e. The minimum absolute atomic E-state index is 0.0657. The van der Waals surface area contributed by atoms with Gasteiger partial charge in [-0.1, -0.05) is 17.3 Å². The maximum atomic E-state index is 11.1. The zero-order chi connectivity index (χ0) is 9.97. The summed E-state index contributed by atoms with van der Waals surface area (Å²) < 4.78 is 5.06. The van der Waals surface area contributed by atoms with E-state index in [0.717, 1.165) is 5.39 Å². The van der Waals surface area contributed by atoms with E-state index in [1.54, 1.807) is 7.05 Å². The van der Waals surface area contributed by atoms with Crippen molar-refractivity contribution in [1.82, 2.24) is 10.5 Å². The number of fused-ring (bicyclic) bond motifs is 1. The number of nitrogens with one attached hydrogen (secondary N) is 1. The van der Waals surface area contributed by atoms with E-state index in [-0.39, 0.29) is 12.3 Å². The fourth-order valence-electron chi connectivity index (χ4n) is 1.31. The second-order valence-electron chi connectivity index (χ2n) is 2.98. The zero-order valence-electron chi connectivity index (χ0n) is 7.78. The van der Waals surface area contributed by atoms with E-state index in [4.69, 9.17) is 4.52 Å². The van der Waals surface area contributed by atoms with E-state index >= 15 is 0 Å². The second kappa shape index (κ2) is 3.49. The van der Waals surface area contributed by atoms with Gasteiger partial charge in [0, 0.05) is 12.4 Å². The maximum Gasteiger partial charge on any atom is 0.225 e. The van der Waals surface area contributed by atoms with Crippen LogP contribution < -0.4 is 5.32 Å². The molecule has 0 atom stereocenters. The van der Waals surface area contributed by atoms with E-state index < -0.39 is 0 Å². The summed E-state index contributed by atoms with van der Waals surface area (Å²) in [6.45, 7) is 0. The quantitative estimate of drug-likeness (QED) is 0.771. The highest BCUT2D eigenvalue weighted by molar-refractivity contribution is 5.85. The van der Waals surface area contributed by atoms with Crippen molar-refractivity contribution in [3.05, 3.63) is 30.0 Å². The smallest absolute Gasteiger partial charge is 0.225 e.